The molecule has 2 heterocycles. The van der Waals surface area contributed by atoms with Crippen LogP contribution in [-0.2, 0) is 9.31 Å². The lowest BCUT2D eigenvalue weighted by Gasteiger charge is -2.32. The van der Waals surface area contributed by atoms with E-state index in [4.69, 9.17) is 14.0 Å². The molecule has 1 saturated heterocycles. The monoisotopic (exact) mass is 275 g/mol. The largest absolute Gasteiger partial charge is 0.494 e. The maximum atomic E-state index is 5.98. The minimum absolute atomic E-state index is 0.362. The SMILES string of the molecule is C=C(B1OC(C)(C)C(C)(C)O1)c1ccc(OCC)nc1. The molecule has 0 aliphatic carbocycles. The Morgan fingerprint density at radius 2 is 1.85 bits per heavy atom. The topological polar surface area (TPSA) is 40.6 Å². The standard InChI is InChI=1S/C15H22BNO3/c1-7-18-13-9-8-12(10-17-13)11(2)16-19-14(3,4)15(5,6)20-16/h8-10H,2,7H2,1,3-6H3. The first-order valence-corrected chi connectivity index (χ1v) is 6.90. The van der Waals surface area contributed by atoms with Crippen molar-refractivity contribution in [2.45, 2.75) is 45.8 Å². The molecule has 1 aliphatic heterocycles. The van der Waals surface area contributed by atoms with Crippen molar-refractivity contribution in [1.82, 2.24) is 4.98 Å². The Morgan fingerprint density at radius 3 is 2.30 bits per heavy atom. The van der Waals surface area contributed by atoms with E-state index in [0.29, 0.717) is 12.5 Å². The molecule has 20 heavy (non-hydrogen) atoms. The molecule has 0 radical (unpaired) electrons. The van der Waals surface area contributed by atoms with Crippen LogP contribution in [0, 0.1) is 0 Å². The Morgan fingerprint density at radius 1 is 1.25 bits per heavy atom. The van der Waals surface area contributed by atoms with Gasteiger partial charge in [0.2, 0.25) is 5.88 Å². The van der Waals surface area contributed by atoms with E-state index < -0.39 is 7.12 Å². The van der Waals surface area contributed by atoms with Crippen LogP contribution in [0.3, 0.4) is 0 Å². The molecule has 0 spiro atoms. The third-order valence-corrected chi connectivity index (χ3v) is 3.94. The summed E-state index contributed by atoms with van der Waals surface area (Å²) in [6.45, 7) is 14.7. The highest BCUT2D eigenvalue weighted by molar-refractivity contribution is 6.68. The van der Waals surface area contributed by atoms with E-state index in [1.807, 2.05) is 46.8 Å². The molecule has 5 heteroatoms. The van der Waals surface area contributed by atoms with E-state index in [0.717, 1.165) is 11.0 Å². The van der Waals surface area contributed by atoms with E-state index >= 15 is 0 Å². The van der Waals surface area contributed by atoms with Crippen LogP contribution in [-0.4, -0.2) is 29.9 Å². The first-order chi connectivity index (χ1) is 9.27. The Labute approximate surface area is 121 Å². The van der Waals surface area contributed by atoms with Crippen LogP contribution in [0.15, 0.2) is 24.9 Å². The first kappa shape index (κ1) is 15.1. The average molecular weight is 275 g/mol. The van der Waals surface area contributed by atoms with Gasteiger partial charge in [0.1, 0.15) is 0 Å². The van der Waals surface area contributed by atoms with Crippen molar-refractivity contribution >= 4 is 12.6 Å². The number of nitrogens with zero attached hydrogens (tertiary/aromatic N) is 1. The molecule has 108 valence electrons. The predicted octanol–water partition coefficient (Wildman–Crippen LogP) is 3.12. The summed E-state index contributed by atoms with van der Waals surface area (Å²) in [5.74, 6) is 0.609. The minimum Gasteiger partial charge on any atom is -0.478 e. The second-order valence-corrected chi connectivity index (χ2v) is 5.93. The lowest BCUT2D eigenvalue weighted by Crippen LogP contribution is -2.41. The predicted molar refractivity (Wildman–Crippen MR) is 80.5 cm³/mol. The summed E-state index contributed by atoms with van der Waals surface area (Å²) in [6, 6.07) is 3.75. The molecular formula is C15H22BNO3. The number of hydrogen-bond donors (Lipinski definition) is 0. The second-order valence-electron chi connectivity index (χ2n) is 5.93. The highest BCUT2D eigenvalue weighted by atomic mass is 16.7. The molecule has 1 aromatic rings. The van der Waals surface area contributed by atoms with Crippen LogP contribution >= 0.6 is 0 Å². The third kappa shape index (κ3) is 2.74. The summed E-state index contributed by atoms with van der Waals surface area (Å²) < 4.78 is 17.3. The van der Waals surface area contributed by atoms with E-state index in [-0.39, 0.29) is 11.2 Å². The van der Waals surface area contributed by atoms with Crippen molar-refractivity contribution in [1.29, 1.82) is 0 Å². The number of rotatable bonds is 4. The summed E-state index contributed by atoms with van der Waals surface area (Å²) in [5.41, 5.74) is 0.949. The van der Waals surface area contributed by atoms with Gasteiger partial charge in [0.05, 0.1) is 17.8 Å². The van der Waals surface area contributed by atoms with E-state index in [1.165, 1.54) is 0 Å². The fourth-order valence-electron chi connectivity index (χ4n) is 1.92. The zero-order chi connectivity index (χ0) is 15.0. The van der Waals surface area contributed by atoms with Crippen LogP contribution in [0.2, 0.25) is 0 Å². The zero-order valence-electron chi connectivity index (χ0n) is 12.9. The Kier molecular flexibility index (Phi) is 3.94. The summed E-state index contributed by atoms with van der Waals surface area (Å²) in [7, 11) is -0.445. The second kappa shape index (κ2) is 5.22. The van der Waals surface area contributed by atoms with Crippen molar-refractivity contribution < 1.29 is 14.0 Å². The number of aromatic nitrogens is 1. The van der Waals surface area contributed by atoms with E-state index in [2.05, 4.69) is 11.6 Å². The molecule has 0 amide bonds. The van der Waals surface area contributed by atoms with Crippen LogP contribution in [0.5, 0.6) is 5.88 Å². The third-order valence-electron chi connectivity index (χ3n) is 3.94. The van der Waals surface area contributed by atoms with Crippen LogP contribution in [0.4, 0.5) is 0 Å². The molecular weight excluding hydrogens is 253 g/mol. The molecule has 0 N–H and O–H groups in total. The summed E-state index contributed by atoms with van der Waals surface area (Å²) in [5, 5.41) is 0. The molecule has 1 aromatic heterocycles. The molecule has 1 fully saturated rings. The maximum absolute atomic E-state index is 5.98. The van der Waals surface area contributed by atoms with Gasteiger partial charge in [-0.3, -0.25) is 0 Å². The molecule has 0 aromatic carbocycles. The zero-order valence-corrected chi connectivity index (χ0v) is 12.9. The summed E-state index contributed by atoms with van der Waals surface area (Å²) >= 11 is 0. The Bertz CT molecular complexity index is 480. The van der Waals surface area contributed by atoms with Crippen molar-refractivity contribution in [3.05, 3.63) is 30.5 Å². The van der Waals surface area contributed by atoms with Crippen LogP contribution in [0.25, 0.3) is 5.47 Å². The van der Waals surface area contributed by atoms with Gasteiger partial charge in [0, 0.05) is 12.3 Å². The Balaban J connectivity index is 2.13. The Hall–Kier alpha value is -1.33. The molecule has 0 saturated carbocycles. The van der Waals surface area contributed by atoms with Gasteiger partial charge in [-0.2, -0.15) is 0 Å². The minimum atomic E-state index is -0.445. The van der Waals surface area contributed by atoms with Gasteiger partial charge >= 0.3 is 7.12 Å². The van der Waals surface area contributed by atoms with E-state index in [9.17, 15) is 0 Å². The van der Waals surface area contributed by atoms with Crippen LogP contribution < -0.4 is 4.74 Å². The fraction of sp³-hybridized carbons (Fsp3) is 0.533. The average Bonchev–Trinajstić information content (AvgIpc) is 2.59. The molecule has 0 atom stereocenters. The highest BCUT2D eigenvalue weighted by Crippen LogP contribution is 2.39. The van der Waals surface area contributed by atoms with Gasteiger partial charge < -0.3 is 14.0 Å². The summed E-state index contributed by atoms with van der Waals surface area (Å²) in [6.07, 6.45) is 1.73. The quantitative estimate of drug-likeness (QED) is 0.791. The number of ether oxygens (including phenoxy) is 1. The summed E-state index contributed by atoms with van der Waals surface area (Å²) in [4.78, 5) is 4.24. The lowest BCUT2D eigenvalue weighted by molar-refractivity contribution is 0.00578. The van der Waals surface area contributed by atoms with Gasteiger partial charge in [-0.05, 0) is 51.7 Å². The van der Waals surface area contributed by atoms with Crippen molar-refractivity contribution in [3.8, 4) is 5.88 Å². The molecule has 1 aliphatic rings. The van der Waals surface area contributed by atoms with Crippen molar-refractivity contribution in [2.75, 3.05) is 6.61 Å². The van der Waals surface area contributed by atoms with Crippen molar-refractivity contribution in [2.24, 2.45) is 0 Å². The van der Waals surface area contributed by atoms with Crippen molar-refractivity contribution in [3.63, 3.8) is 0 Å². The maximum Gasteiger partial charge on any atom is 0.494 e. The molecule has 2 rings (SSSR count). The van der Waals surface area contributed by atoms with Crippen LogP contribution in [0.1, 0.15) is 40.2 Å². The van der Waals surface area contributed by atoms with Gasteiger partial charge in [-0.25, -0.2) is 4.98 Å². The van der Waals surface area contributed by atoms with E-state index in [1.54, 1.807) is 6.20 Å². The molecule has 0 bridgehead atoms. The smallest absolute Gasteiger partial charge is 0.478 e. The highest BCUT2D eigenvalue weighted by Gasteiger charge is 2.52. The fourth-order valence-corrected chi connectivity index (χ4v) is 1.92. The van der Waals surface area contributed by atoms with Gasteiger partial charge in [-0.1, -0.05) is 6.58 Å². The number of hydrogen-bond acceptors (Lipinski definition) is 4. The van der Waals surface area contributed by atoms with Gasteiger partial charge in [0.25, 0.3) is 0 Å². The number of pyridine rings is 1. The molecule has 4 nitrogen and oxygen atoms in total. The molecule has 0 unspecified atom stereocenters. The normalized spacial score (nSPS) is 19.9. The van der Waals surface area contributed by atoms with Gasteiger partial charge in [-0.15, -0.1) is 0 Å². The van der Waals surface area contributed by atoms with Gasteiger partial charge in [0.15, 0.2) is 0 Å². The first-order valence-electron chi connectivity index (χ1n) is 6.90. The lowest BCUT2D eigenvalue weighted by atomic mass is 9.76.